The van der Waals surface area contributed by atoms with Gasteiger partial charge in [0.15, 0.2) is 0 Å². The monoisotopic (exact) mass is 256 g/mol. The molecule has 0 bridgehead atoms. The normalized spacial score (nSPS) is 9.59. The molecule has 0 amide bonds. The lowest BCUT2D eigenvalue weighted by Gasteiger charge is -2.08. The first-order chi connectivity index (χ1) is 7.95. The summed E-state index contributed by atoms with van der Waals surface area (Å²) < 4.78 is 9.32. The van der Waals surface area contributed by atoms with Crippen LogP contribution in [0.15, 0.2) is 18.2 Å². The van der Waals surface area contributed by atoms with Crippen LogP contribution in [0.4, 0.5) is 0 Å². The Morgan fingerprint density at radius 1 is 1.24 bits per heavy atom. The first-order valence-electron chi connectivity index (χ1n) is 4.56. The van der Waals surface area contributed by atoms with Crippen molar-refractivity contribution in [1.82, 2.24) is 0 Å². The number of carbonyl (C=O) groups is 3. The van der Waals surface area contributed by atoms with Crippen molar-refractivity contribution in [2.45, 2.75) is 6.92 Å². The zero-order valence-electron chi connectivity index (χ0n) is 9.15. The van der Waals surface area contributed by atoms with Crippen LogP contribution in [0.5, 0.6) is 5.75 Å². The molecule has 6 heteroatoms. The summed E-state index contributed by atoms with van der Waals surface area (Å²) in [6.07, 6.45) is 0. The molecule has 90 valence electrons. The lowest BCUT2D eigenvalue weighted by molar-refractivity contribution is -0.131. The highest BCUT2D eigenvalue weighted by Crippen LogP contribution is 2.22. The van der Waals surface area contributed by atoms with E-state index in [-0.39, 0.29) is 16.9 Å². The molecular formula is C11H9ClO5. The molecule has 0 N–H and O–H groups in total. The molecule has 0 spiro atoms. The maximum Gasteiger partial charge on any atom is 0.341 e. The molecule has 1 aromatic rings. The molecule has 0 aliphatic heterocycles. The van der Waals surface area contributed by atoms with Crippen LogP contribution in [0.2, 0.25) is 0 Å². The predicted octanol–water partition coefficient (Wildman–Crippen LogP) is 1.78. The van der Waals surface area contributed by atoms with E-state index in [1.807, 2.05) is 0 Å². The summed E-state index contributed by atoms with van der Waals surface area (Å²) >= 11 is 5.28. The van der Waals surface area contributed by atoms with Gasteiger partial charge >= 0.3 is 11.9 Å². The van der Waals surface area contributed by atoms with Gasteiger partial charge in [0.2, 0.25) is 0 Å². The second kappa shape index (κ2) is 5.45. The van der Waals surface area contributed by atoms with Gasteiger partial charge in [-0.05, 0) is 29.8 Å². The topological polar surface area (TPSA) is 69.7 Å². The fourth-order valence-electron chi connectivity index (χ4n) is 1.16. The third-order valence-electron chi connectivity index (χ3n) is 1.87. The Bertz CT molecular complexity index is 481. The van der Waals surface area contributed by atoms with Gasteiger partial charge in [-0.25, -0.2) is 4.79 Å². The van der Waals surface area contributed by atoms with Gasteiger partial charge in [0.25, 0.3) is 5.24 Å². The van der Waals surface area contributed by atoms with Crippen molar-refractivity contribution in [3.8, 4) is 5.75 Å². The van der Waals surface area contributed by atoms with Crippen LogP contribution < -0.4 is 4.74 Å². The minimum absolute atomic E-state index is 0.0457. The van der Waals surface area contributed by atoms with E-state index >= 15 is 0 Å². The van der Waals surface area contributed by atoms with Gasteiger partial charge in [0.1, 0.15) is 11.3 Å². The maximum atomic E-state index is 11.4. The van der Waals surface area contributed by atoms with Crippen molar-refractivity contribution in [2.75, 3.05) is 7.11 Å². The van der Waals surface area contributed by atoms with Crippen molar-refractivity contribution >= 4 is 28.8 Å². The van der Waals surface area contributed by atoms with E-state index in [1.165, 1.54) is 32.2 Å². The summed E-state index contributed by atoms with van der Waals surface area (Å²) in [5.74, 6) is -1.35. The highest BCUT2D eigenvalue weighted by Gasteiger charge is 2.16. The van der Waals surface area contributed by atoms with Crippen LogP contribution in [-0.2, 0) is 9.53 Å². The number of halogens is 1. The molecule has 1 rings (SSSR count). The highest BCUT2D eigenvalue weighted by atomic mass is 35.5. The molecule has 0 radical (unpaired) electrons. The van der Waals surface area contributed by atoms with Gasteiger partial charge in [0, 0.05) is 12.5 Å². The van der Waals surface area contributed by atoms with Crippen molar-refractivity contribution in [3.05, 3.63) is 29.3 Å². The summed E-state index contributed by atoms with van der Waals surface area (Å²) in [4.78, 5) is 33.2. The number of ether oxygens (including phenoxy) is 2. The minimum atomic E-state index is -0.713. The molecule has 0 saturated carbocycles. The number of benzene rings is 1. The fourth-order valence-corrected chi connectivity index (χ4v) is 1.28. The van der Waals surface area contributed by atoms with Crippen LogP contribution in [-0.4, -0.2) is 24.3 Å². The van der Waals surface area contributed by atoms with E-state index in [0.717, 1.165) is 0 Å². The smallest absolute Gasteiger partial charge is 0.341 e. The largest absolute Gasteiger partial charge is 0.465 e. The zero-order valence-corrected chi connectivity index (χ0v) is 9.91. The average molecular weight is 257 g/mol. The summed E-state index contributed by atoms with van der Waals surface area (Å²) in [5, 5.41) is -0.713. The Hall–Kier alpha value is -1.88. The van der Waals surface area contributed by atoms with E-state index in [4.69, 9.17) is 16.3 Å². The number of esters is 2. The van der Waals surface area contributed by atoms with Crippen molar-refractivity contribution in [2.24, 2.45) is 0 Å². The zero-order chi connectivity index (χ0) is 13.0. The summed E-state index contributed by atoms with van der Waals surface area (Å²) in [7, 11) is 1.19. The Balaban J connectivity index is 3.25. The second-order valence-corrected chi connectivity index (χ2v) is 3.41. The Labute approximate surface area is 102 Å². The summed E-state index contributed by atoms with van der Waals surface area (Å²) in [6, 6.07) is 3.86. The van der Waals surface area contributed by atoms with Gasteiger partial charge in [0.05, 0.1) is 7.11 Å². The Morgan fingerprint density at radius 2 is 1.88 bits per heavy atom. The van der Waals surface area contributed by atoms with Gasteiger partial charge in [-0.3, -0.25) is 9.59 Å². The molecule has 0 atom stereocenters. The lowest BCUT2D eigenvalue weighted by atomic mass is 10.1. The van der Waals surface area contributed by atoms with Crippen LogP contribution in [0.25, 0.3) is 0 Å². The van der Waals surface area contributed by atoms with Gasteiger partial charge in [-0.15, -0.1) is 0 Å². The summed E-state index contributed by atoms with van der Waals surface area (Å²) in [5.41, 5.74) is 0.167. The maximum absolute atomic E-state index is 11.4. The fraction of sp³-hybridized carbons (Fsp3) is 0.182. The molecule has 0 heterocycles. The first-order valence-corrected chi connectivity index (χ1v) is 4.94. The number of hydrogen-bond donors (Lipinski definition) is 0. The van der Waals surface area contributed by atoms with Crippen LogP contribution in [0.1, 0.15) is 27.6 Å². The number of carbonyl (C=O) groups excluding carboxylic acids is 3. The molecule has 0 fully saturated rings. The number of hydrogen-bond acceptors (Lipinski definition) is 5. The Kier molecular flexibility index (Phi) is 4.23. The van der Waals surface area contributed by atoms with Gasteiger partial charge in [-0.2, -0.15) is 0 Å². The number of rotatable bonds is 3. The van der Waals surface area contributed by atoms with E-state index < -0.39 is 17.2 Å². The molecule has 0 aromatic heterocycles. The molecule has 5 nitrogen and oxygen atoms in total. The SMILES string of the molecule is COC(=O)c1ccc(C(=O)Cl)cc1OC(C)=O. The quantitative estimate of drug-likeness (QED) is 0.468. The highest BCUT2D eigenvalue weighted by molar-refractivity contribution is 6.67. The minimum Gasteiger partial charge on any atom is -0.465 e. The third-order valence-corrected chi connectivity index (χ3v) is 2.09. The molecule has 17 heavy (non-hydrogen) atoms. The third kappa shape index (κ3) is 3.29. The molecule has 0 aliphatic rings. The summed E-state index contributed by atoms with van der Waals surface area (Å²) in [6.45, 7) is 1.18. The molecule has 0 unspecified atom stereocenters. The van der Waals surface area contributed by atoms with Gasteiger partial charge in [-0.1, -0.05) is 0 Å². The van der Waals surface area contributed by atoms with Crippen LogP contribution >= 0.6 is 11.6 Å². The average Bonchev–Trinajstić information content (AvgIpc) is 2.27. The molecular weight excluding hydrogens is 248 g/mol. The van der Waals surface area contributed by atoms with Crippen molar-refractivity contribution < 1.29 is 23.9 Å². The molecule has 0 aliphatic carbocycles. The first kappa shape index (κ1) is 13.2. The van der Waals surface area contributed by atoms with Crippen molar-refractivity contribution in [3.63, 3.8) is 0 Å². The van der Waals surface area contributed by atoms with Crippen LogP contribution in [0, 0.1) is 0 Å². The standard InChI is InChI=1S/C11H9ClO5/c1-6(13)17-9-5-7(10(12)14)3-4-8(9)11(15)16-2/h3-5H,1-2H3. The van der Waals surface area contributed by atoms with E-state index in [2.05, 4.69) is 4.74 Å². The molecule has 1 aromatic carbocycles. The predicted molar refractivity (Wildman–Crippen MR) is 59.3 cm³/mol. The lowest BCUT2D eigenvalue weighted by Crippen LogP contribution is -2.09. The van der Waals surface area contributed by atoms with E-state index in [0.29, 0.717) is 0 Å². The van der Waals surface area contributed by atoms with Crippen molar-refractivity contribution in [1.29, 1.82) is 0 Å². The molecule has 0 saturated heterocycles. The number of methoxy groups -OCH3 is 1. The second-order valence-electron chi connectivity index (χ2n) is 3.07. The Morgan fingerprint density at radius 3 is 2.35 bits per heavy atom. The van der Waals surface area contributed by atoms with Gasteiger partial charge < -0.3 is 9.47 Å². The van der Waals surface area contributed by atoms with E-state index in [1.54, 1.807) is 0 Å². The van der Waals surface area contributed by atoms with E-state index in [9.17, 15) is 14.4 Å². The van der Waals surface area contributed by atoms with Crippen LogP contribution in [0.3, 0.4) is 0 Å².